The molecule has 0 radical (unpaired) electrons. The molecule has 0 spiro atoms. The third-order valence-corrected chi connectivity index (χ3v) is 2.61. The fourth-order valence-corrected chi connectivity index (χ4v) is 1.69. The predicted octanol–water partition coefficient (Wildman–Crippen LogP) is 2.06. The Morgan fingerprint density at radius 1 is 1.32 bits per heavy atom. The van der Waals surface area contributed by atoms with Crippen LogP contribution in [0.1, 0.15) is 12.6 Å². The van der Waals surface area contributed by atoms with Crippen LogP contribution in [-0.2, 0) is 0 Å². The molecule has 0 aliphatic heterocycles. The Morgan fingerprint density at radius 2 is 2.00 bits per heavy atom. The van der Waals surface area contributed by atoms with Crippen molar-refractivity contribution in [2.24, 2.45) is 5.73 Å². The maximum absolute atomic E-state index is 12.9. The highest BCUT2D eigenvalue weighted by atomic mass is 19.1. The van der Waals surface area contributed by atoms with Crippen molar-refractivity contribution in [3.8, 4) is 0 Å². The van der Waals surface area contributed by atoms with Gasteiger partial charge in [-0.25, -0.2) is 14.4 Å². The Kier molecular flexibility index (Phi) is 3.70. The molecule has 2 rings (SSSR count). The summed E-state index contributed by atoms with van der Waals surface area (Å²) in [7, 11) is 0. The van der Waals surface area contributed by atoms with Crippen molar-refractivity contribution in [2.45, 2.75) is 6.92 Å². The van der Waals surface area contributed by atoms with Crippen molar-refractivity contribution in [1.29, 1.82) is 5.41 Å². The number of anilines is 2. The summed E-state index contributed by atoms with van der Waals surface area (Å²) in [5.41, 5.74) is 6.56. The summed E-state index contributed by atoms with van der Waals surface area (Å²) in [5, 5.41) is 7.38. The highest BCUT2D eigenvalue weighted by molar-refractivity contribution is 5.93. The van der Waals surface area contributed by atoms with Gasteiger partial charge in [-0.05, 0) is 37.3 Å². The quantitative estimate of drug-likeness (QED) is 0.650. The Morgan fingerprint density at radius 3 is 2.58 bits per heavy atom. The van der Waals surface area contributed by atoms with Crippen LogP contribution in [0.25, 0.3) is 0 Å². The highest BCUT2D eigenvalue weighted by Crippen LogP contribution is 2.21. The fourth-order valence-electron chi connectivity index (χ4n) is 1.69. The van der Waals surface area contributed by atoms with E-state index in [0.29, 0.717) is 18.2 Å². The summed E-state index contributed by atoms with van der Waals surface area (Å²) in [6.45, 7) is 2.56. The van der Waals surface area contributed by atoms with Crippen LogP contribution >= 0.6 is 0 Å². The maximum atomic E-state index is 12.9. The number of nitrogens with one attached hydrogen (secondary N) is 1. The molecule has 0 bridgehead atoms. The second-order valence-electron chi connectivity index (χ2n) is 3.88. The average Bonchev–Trinajstić information content (AvgIpc) is 2.42. The van der Waals surface area contributed by atoms with Crippen LogP contribution in [0.5, 0.6) is 0 Å². The van der Waals surface area contributed by atoms with E-state index in [9.17, 15) is 4.39 Å². The molecule has 19 heavy (non-hydrogen) atoms. The first-order valence-electron chi connectivity index (χ1n) is 5.82. The zero-order valence-corrected chi connectivity index (χ0v) is 10.5. The lowest BCUT2D eigenvalue weighted by Crippen LogP contribution is -2.21. The summed E-state index contributed by atoms with van der Waals surface area (Å²) in [5.74, 6) is 0.0267. The van der Waals surface area contributed by atoms with Gasteiger partial charge in [0.05, 0.1) is 0 Å². The molecular weight excluding hydrogens is 245 g/mol. The topological polar surface area (TPSA) is 78.9 Å². The summed E-state index contributed by atoms with van der Waals surface area (Å²) in [6.07, 6.45) is 1.55. The van der Waals surface area contributed by atoms with Crippen molar-refractivity contribution < 1.29 is 4.39 Å². The van der Waals surface area contributed by atoms with Gasteiger partial charge in [0.1, 0.15) is 17.3 Å². The summed E-state index contributed by atoms with van der Waals surface area (Å²) < 4.78 is 12.9. The van der Waals surface area contributed by atoms with E-state index in [1.54, 1.807) is 24.4 Å². The standard InChI is InChI=1S/C13H14FN5/c1-2-19(10-5-3-9(14)4-6-10)13-17-8-7-11(18-13)12(15)16/h3-8H,2H2,1H3,(H3,15,16). The van der Waals surface area contributed by atoms with E-state index in [1.807, 2.05) is 11.8 Å². The zero-order valence-electron chi connectivity index (χ0n) is 10.5. The van der Waals surface area contributed by atoms with Crippen molar-refractivity contribution in [3.63, 3.8) is 0 Å². The smallest absolute Gasteiger partial charge is 0.230 e. The number of amidine groups is 1. The van der Waals surface area contributed by atoms with Gasteiger partial charge in [-0.2, -0.15) is 0 Å². The molecule has 0 fully saturated rings. The summed E-state index contributed by atoms with van der Waals surface area (Å²) in [6, 6.07) is 7.65. The van der Waals surface area contributed by atoms with Gasteiger partial charge in [0.2, 0.25) is 5.95 Å². The molecule has 5 nitrogen and oxygen atoms in total. The van der Waals surface area contributed by atoms with Gasteiger partial charge in [-0.15, -0.1) is 0 Å². The van der Waals surface area contributed by atoms with Crippen molar-refractivity contribution >= 4 is 17.5 Å². The minimum atomic E-state index is -0.293. The number of hydrogen-bond donors (Lipinski definition) is 2. The molecule has 1 aromatic heterocycles. The van der Waals surface area contributed by atoms with Gasteiger partial charge in [0, 0.05) is 18.4 Å². The lowest BCUT2D eigenvalue weighted by atomic mass is 10.3. The number of rotatable bonds is 4. The van der Waals surface area contributed by atoms with Gasteiger partial charge in [-0.1, -0.05) is 0 Å². The number of halogens is 1. The summed E-state index contributed by atoms with van der Waals surface area (Å²) >= 11 is 0. The predicted molar refractivity (Wildman–Crippen MR) is 72.1 cm³/mol. The minimum absolute atomic E-state index is 0.112. The van der Waals surface area contributed by atoms with Gasteiger partial charge in [-0.3, -0.25) is 5.41 Å². The third kappa shape index (κ3) is 2.85. The number of hydrogen-bond acceptors (Lipinski definition) is 4. The first-order valence-corrected chi connectivity index (χ1v) is 5.82. The lowest BCUT2D eigenvalue weighted by Gasteiger charge is -2.21. The number of nitrogens with two attached hydrogens (primary N) is 1. The monoisotopic (exact) mass is 259 g/mol. The molecule has 0 aliphatic carbocycles. The normalized spacial score (nSPS) is 10.2. The molecule has 0 saturated heterocycles. The van der Waals surface area contributed by atoms with Crippen molar-refractivity contribution in [1.82, 2.24) is 9.97 Å². The number of aromatic nitrogens is 2. The Bertz CT molecular complexity index is 582. The Hall–Kier alpha value is -2.50. The van der Waals surface area contributed by atoms with E-state index in [4.69, 9.17) is 11.1 Å². The number of benzene rings is 1. The molecule has 1 aromatic carbocycles. The number of nitrogens with zero attached hydrogens (tertiary/aromatic N) is 3. The highest BCUT2D eigenvalue weighted by Gasteiger charge is 2.11. The van der Waals surface area contributed by atoms with E-state index in [2.05, 4.69) is 9.97 Å². The van der Waals surface area contributed by atoms with E-state index in [-0.39, 0.29) is 11.7 Å². The van der Waals surface area contributed by atoms with E-state index in [0.717, 1.165) is 5.69 Å². The molecular formula is C13H14FN5. The summed E-state index contributed by atoms with van der Waals surface area (Å²) in [4.78, 5) is 10.2. The molecule has 3 N–H and O–H groups in total. The van der Waals surface area contributed by atoms with Gasteiger partial charge in [0.15, 0.2) is 0 Å². The Labute approximate surface area is 110 Å². The SMILES string of the molecule is CCN(c1ccc(F)cc1)c1nccc(C(=N)N)n1. The molecule has 6 heteroatoms. The molecule has 1 heterocycles. The van der Waals surface area contributed by atoms with E-state index in [1.165, 1.54) is 12.1 Å². The van der Waals surface area contributed by atoms with Crippen LogP contribution in [-0.4, -0.2) is 22.3 Å². The minimum Gasteiger partial charge on any atom is -0.382 e. The second-order valence-corrected chi connectivity index (χ2v) is 3.88. The van der Waals surface area contributed by atoms with Crippen LogP contribution in [0.2, 0.25) is 0 Å². The first-order chi connectivity index (χ1) is 9.11. The second kappa shape index (κ2) is 5.43. The van der Waals surface area contributed by atoms with Crippen molar-refractivity contribution in [2.75, 3.05) is 11.4 Å². The molecule has 0 unspecified atom stereocenters. The van der Waals surface area contributed by atoms with Gasteiger partial charge in [0.25, 0.3) is 0 Å². The first kappa shape index (κ1) is 12.9. The zero-order chi connectivity index (χ0) is 13.8. The fraction of sp³-hybridized carbons (Fsp3) is 0.154. The molecule has 0 saturated carbocycles. The van der Waals surface area contributed by atoms with Crippen LogP contribution in [0.3, 0.4) is 0 Å². The van der Waals surface area contributed by atoms with E-state index >= 15 is 0 Å². The van der Waals surface area contributed by atoms with Gasteiger partial charge < -0.3 is 10.6 Å². The maximum Gasteiger partial charge on any atom is 0.230 e. The van der Waals surface area contributed by atoms with Crippen LogP contribution < -0.4 is 10.6 Å². The van der Waals surface area contributed by atoms with Crippen LogP contribution in [0.4, 0.5) is 16.0 Å². The van der Waals surface area contributed by atoms with Crippen LogP contribution in [0.15, 0.2) is 36.5 Å². The molecule has 0 atom stereocenters. The molecule has 0 amide bonds. The third-order valence-electron chi connectivity index (χ3n) is 2.61. The number of nitrogen functional groups attached to an aromatic ring is 1. The Balaban J connectivity index is 2.39. The lowest BCUT2D eigenvalue weighted by molar-refractivity contribution is 0.627. The van der Waals surface area contributed by atoms with Gasteiger partial charge >= 0.3 is 0 Å². The van der Waals surface area contributed by atoms with Crippen molar-refractivity contribution in [3.05, 3.63) is 48.0 Å². The molecule has 2 aromatic rings. The average molecular weight is 259 g/mol. The molecule has 98 valence electrons. The van der Waals surface area contributed by atoms with Crippen LogP contribution in [0, 0.1) is 11.2 Å². The largest absolute Gasteiger partial charge is 0.382 e. The van der Waals surface area contributed by atoms with E-state index < -0.39 is 0 Å². The molecule has 0 aliphatic rings.